The van der Waals surface area contributed by atoms with E-state index in [1.54, 1.807) is 0 Å². The number of aromatic amines is 3. The summed E-state index contributed by atoms with van der Waals surface area (Å²) >= 11 is 0. The molecule has 0 unspecified atom stereocenters. The summed E-state index contributed by atoms with van der Waals surface area (Å²) < 4.78 is 6.45. The van der Waals surface area contributed by atoms with Crippen LogP contribution in [0, 0.1) is 13.8 Å². The summed E-state index contributed by atoms with van der Waals surface area (Å²) in [6, 6.07) is 2.44. The molecule has 0 amide bonds. The number of pyridine rings is 2. The number of nitrogens with one attached hydrogen (secondary N) is 3. The molecule has 1 fully saturated rings. The van der Waals surface area contributed by atoms with Gasteiger partial charge in [-0.3, -0.25) is 23.9 Å². The highest BCUT2D eigenvalue weighted by atomic mass is 16.5. The summed E-state index contributed by atoms with van der Waals surface area (Å²) in [5.74, 6) is -2.68. The molecular formula is C22H24N4O9. The van der Waals surface area contributed by atoms with Crippen LogP contribution >= 0.6 is 0 Å². The van der Waals surface area contributed by atoms with Crippen LogP contribution in [-0.2, 0) is 4.74 Å². The number of ether oxygens (including phenoxy) is 1. The molecule has 0 bridgehead atoms. The summed E-state index contributed by atoms with van der Waals surface area (Å²) in [6.45, 7) is 2.53. The lowest BCUT2D eigenvalue weighted by atomic mass is 9.86. The summed E-state index contributed by atoms with van der Waals surface area (Å²) in [5.41, 5.74) is -4.06. The molecule has 1 aliphatic heterocycles. The van der Waals surface area contributed by atoms with Crippen LogP contribution in [0.5, 0.6) is 11.5 Å². The lowest BCUT2D eigenvalue weighted by Gasteiger charge is -2.21. The Labute approximate surface area is 195 Å². The molecule has 0 aliphatic carbocycles. The molecule has 13 heteroatoms. The van der Waals surface area contributed by atoms with E-state index in [1.807, 2.05) is 0 Å². The van der Waals surface area contributed by atoms with Gasteiger partial charge in [-0.05, 0) is 26.0 Å². The Morgan fingerprint density at radius 3 is 1.97 bits per heavy atom. The van der Waals surface area contributed by atoms with Gasteiger partial charge >= 0.3 is 5.69 Å². The molecule has 0 spiro atoms. The highest BCUT2D eigenvalue weighted by molar-refractivity contribution is 5.50. The first-order valence-electron chi connectivity index (χ1n) is 10.7. The van der Waals surface area contributed by atoms with Crippen molar-refractivity contribution in [2.24, 2.45) is 0 Å². The third-order valence-corrected chi connectivity index (χ3v) is 5.95. The quantitative estimate of drug-likeness (QED) is 0.229. The van der Waals surface area contributed by atoms with Gasteiger partial charge in [-0.25, -0.2) is 4.79 Å². The molecule has 0 aromatic carbocycles. The molecule has 0 saturated carbocycles. The zero-order chi connectivity index (χ0) is 25.6. The highest BCUT2D eigenvalue weighted by Gasteiger charge is 2.37. The number of aromatic nitrogens is 4. The van der Waals surface area contributed by atoms with Crippen LogP contribution in [0.1, 0.15) is 46.6 Å². The first-order valence-corrected chi connectivity index (χ1v) is 10.7. The van der Waals surface area contributed by atoms with E-state index in [-0.39, 0.29) is 12.0 Å². The Balaban J connectivity index is 2.02. The lowest BCUT2D eigenvalue weighted by Crippen LogP contribution is -2.37. The Morgan fingerprint density at radius 2 is 1.51 bits per heavy atom. The van der Waals surface area contributed by atoms with Crippen molar-refractivity contribution in [3.63, 3.8) is 0 Å². The molecule has 7 N–H and O–H groups in total. The van der Waals surface area contributed by atoms with Gasteiger partial charge < -0.3 is 35.1 Å². The molecular weight excluding hydrogens is 464 g/mol. The standard InChI is InChI=1S/C22H24N4O9/c1-8-3-12(29)17(20(32)23-8)16(18-13(30)4-9(2)24-21(18)33)10-6-26(22(34)25-19(10)31)15-5-11(28)14(7-27)35-15/h3-4,6,11,14-16,27-28H,5,7H2,1-2H3,(H2,23,29,32)(H2,24,30,33)(H,25,31,34)/t11-,14+,15+/m0/s1. The third-order valence-electron chi connectivity index (χ3n) is 5.95. The maximum absolute atomic E-state index is 13.0. The average Bonchev–Trinajstić information content (AvgIpc) is 3.12. The van der Waals surface area contributed by atoms with Crippen molar-refractivity contribution >= 4 is 0 Å². The van der Waals surface area contributed by atoms with E-state index in [0.29, 0.717) is 11.4 Å². The van der Waals surface area contributed by atoms with Crippen LogP contribution in [0.2, 0.25) is 0 Å². The van der Waals surface area contributed by atoms with E-state index < -0.39 is 76.0 Å². The molecule has 35 heavy (non-hydrogen) atoms. The van der Waals surface area contributed by atoms with Crippen LogP contribution in [0.3, 0.4) is 0 Å². The number of aliphatic hydroxyl groups excluding tert-OH is 2. The van der Waals surface area contributed by atoms with Gasteiger partial charge in [0.25, 0.3) is 16.7 Å². The number of hydrogen-bond donors (Lipinski definition) is 7. The van der Waals surface area contributed by atoms with Crippen molar-refractivity contribution < 1.29 is 25.2 Å². The minimum absolute atomic E-state index is 0.0893. The van der Waals surface area contributed by atoms with Crippen LogP contribution in [0.25, 0.3) is 0 Å². The van der Waals surface area contributed by atoms with Crippen molar-refractivity contribution in [2.45, 2.75) is 44.6 Å². The Hall–Kier alpha value is -3.94. The van der Waals surface area contributed by atoms with Gasteiger partial charge in [0.2, 0.25) is 0 Å². The van der Waals surface area contributed by atoms with Crippen LogP contribution < -0.4 is 22.4 Å². The molecule has 3 atom stereocenters. The zero-order valence-corrected chi connectivity index (χ0v) is 18.7. The first kappa shape index (κ1) is 24.2. The van der Waals surface area contributed by atoms with E-state index in [1.165, 1.54) is 26.0 Å². The normalized spacial score (nSPS) is 20.0. The van der Waals surface area contributed by atoms with Gasteiger partial charge in [0.1, 0.15) is 23.8 Å². The van der Waals surface area contributed by atoms with E-state index >= 15 is 0 Å². The van der Waals surface area contributed by atoms with E-state index in [2.05, 4.69) is 15.0 Å². The first-order chi connectivity index (χ1) is 16.5. The topological polar surface area (TPSA) is 211 Å². The fraction of sp³-hybridized carbons (Fsp3) is 0.364. The van der Waals surface area contributed by atoms with Gasteiger partial charge in [0.15, 0.2) is 0 Å². The second-order valence-corrected chi connectivity index (χ2v) is 8.46. The number of aliphatic hydroxyl groups is 2. The second-order valence-electron chi connectivity index (χ2n) is 8.46. The average molecular weight is 488 g/mol. The predicted octanol–water partition coefficient (Wildman–Crippen LogP) is -1.24. The molecule has 4 heterocycles. The Morgan fingerprint density at radius 1 is 0.971 bits per heavy atom. The van der Waals surface area contributed by atoms with Gasteiger partial charge in [0.05, 0.1) is 29.8 Å². The number of rotatable bonds is 5. The third kappa shape index (κ3) is 4.32. The second kappa shape index (κ2) is 9.02. The summed E-state index contributed by atoms with van der Waals surface area (Å²) in [5, 5.41) is 40.7. The monoisotopic (exact) mass is 488 g/mol. The van der Waals surface area contributed by atoms with Gasteiger partial charge in [0, 0.05) is 29.6 Å². The predicted molar refractivity (Wildman–Crippen MR) is 121 cm³/mol. The van der Waals surface area contributed by atoms with E-state index in [9.17, 15) is 39.6 Å². The molecule has 186 valence electrons. The van der Waals surface area contributed by atoms with Crippen molar-refractivity contribution in [3.8, 4) is 11.5 Å². The van der Waals surface area contributed by atoms with Crippen molar-refractivity contribution in [3.05, 3.63) is 88.0 Å². The minimum Gasteiger partial charge on any atom is -0.507 e. The maximum Gasteiger partial charge on any atom is 0.330 e. The van der Waals surface area contributed by atoms with Crippen molar-refractivity contribution in [1.82, 2.24) is 19.5 Å². The number of aromatic hydroxyl groups is 2. The molecule has 4 rings (SSSR count). The summed E-state index contributed by atoms with van der Waals surface area (Å²) in [7, 11) is 0. The SMILES string of the molecule is Cc1cc(O)c(C(c2cn([C@H]3C[C@H](O)[C@@H](CO)O3)c(=O)[nH]c2=O)c2c(O)cc(C)[nH]c2=O)c(=O)[nH]1. The highest BCUT2D eigenvalue weighted by Crippen LogP contribution is 2.36. The number of nitrogens with zero attached hydrogens (tertiary/aromatic N) is 1. The maximum atomic E-state index is 13.0. The van der Waals surface area contributed by atoms with Gasteiger partial charge in [-0.1, -0.05) is 0 Å². The van der Waals surface area contributed by atoms with E-state index in [0.717, 1.165) is 10.8 Å². The largest absolute Gasteiger partial charge is 0.507 e. The molecule has 13 nitrogen and oxygen atoms in total. The zero-order valence-electron chi connectivity index (χ0n) is 18.7. The van der Waals surface area contributed by atoms with Gasteiger partial charge in [-0.2, -0.15) is 0 Å². The van der Waals surface area contributed by atoms with Crippen molar-refractivity contribution in [1.29, 1.82) is 0 Å². The van der Waals surface area contributed by atoms with E-state index in [4.69, 9.17) is 4.74 Å². The fourth-order valence-electron chi connectivity index (χ4n) is 4.35. The fourth-order valence-corrected chi connectivity index (χ4v) is 4.35. The number of hydrogen-bond acceptors (Lipinski definition) is 9. The minimum atomic E-state index is -1.60. The lowest BCUT2D eigenvalue weighted by molar-refractivity contribution is -0.0460. The van der Waals surface area contributed by atoms with Crippen LogP contribution in [-0.4, -0.2) is 58.8 Å². The number of aryl methyl sites for hydroxylation is 2. The smallest absolute Gasteiger partial charge is 0.330 e. The summed E-state index contributed by atoms with van der Waals surface area (Å²) in [6.07, 6.45) is -2.18. The van der Waals surface area contributed by atoms with Crippen LogP contribution in [0.4, 0.5) is 0 Å². The Bertz CT molecular complexity index is 1450. The number of H-pyrrole nitrogens is 3. The van der Waals surface area contributed by atoms with Crippen LogP contribution in [0.15, 0.2) is 37.5 Å². The molecule has 3 aromatic rings. The Kier molecular flexibility index (Phi) is 6.23. The molecule has 1 aliphatic rings. The molecule has 0 radical (unpaired) electrons. The molecule has 3 aromatic heterocycles. The van der Waals surface area contributed by atoms with Gasteiger partial charge in [-0.15, -0.1) is 0 Å². The molecule has 1 saturated heterocycles. The van der Waals surface area contributed by atoms with Crippen molar-refractivity contribution in [2.75, 3.05) is 6.61 Å². The summed E-state index contributed by atoms with van der Waals surface area (Å²) in [4.78, 5) is 58.4.